The third-order valence-corrected chi connectivity index (χ3v) is 5.24. The Morgan fingerprint density at radius 1 is 0.939 bits per heavy atom. The Balaban J connectivity index is 1.37. The molecule has 0 saturated heterocycles. The zero-order chi connectivity index (χ0) is 22.8. The summed E-state index contributed by atoms with van der Waals surface area (Å²) in [6, 6.07) is 16.2. The topological polar surface area (TPSA) is 93.6 Å². The Hall–Kier alpha value is -4.20. The van der Waals surface area contributed by atoms with Crippen LogP contribution in [0.15, 0.2) is 66.0 Å². The predicted molar refractivity (Wildman–Crippen MR) is 130 cm³/mol. The Kier molecular flexibility index (Phi) is 5.48. The first kappa shape index (κ1) is 20.7. The van der Waals surface area contributed by atoms with Crippen molar-refractivity contribution in [3.63, 3.8) is 0 Å². The van der Waals surface area contributed by atoms with Gasteiger partial charge in [0.15, 0.2) is 0 Å². The molecule has 3 heterocycles. The molecule has 2 aromatic heterocycles. The number of ether oxygens (including phenoxy) is 2. The second-order valence-corrected chi connectivity index (χ2v) is 8.00. The molecule has 1 unspecified atom stereocenters. The van der Waals surface area contributed by atoms with Gasteiger partial charge in [0, 0.05) is 22.5 Å². The van der Waals surface area contributed by atoms with Gasteiger partial charge >= 0.3 is 0 Å². The fourth-order valence-electron chi connectivity index (χ4n) is 3.52. The lowest BCUT2D eigenvalue weighted by molar-refractivity contribution is 0.245. The molecular weight excluding hydrogens is 416 g/mol. The molecule has 0 spiro atoms. The molecule has 33 heavy (non-hydrogen) atoms. The Morgan fingerprint density at radius 2 is 1.79 bits per heavy atom. The number of aryl methyl sites for hydroxylation is 2. The highest BCUT2D eigenvalue weighted by Gasteiger charge is 2.15. The van der Waals surface area contributed by atoms with Crippen LogP contribution in [-0.4, -0.2) is 33.6 Å². The number of hydrogen-bond donors (Lipinski definition) is 2. The van der Waals surface area contributed by atoms with E-state index in [0.717, 1.165) is 39.3 Å². The first-order chi connectivity index (χ1) is 16.0. The van der Waals surface area contributed by atoms with Gasteiger partial charge in [-0.2, -0.15) is 0 Å². The van der Waals surface area contributed by atoms with Crippen LogP contribution in [0.1, 0.15) is 18.2 Å². The van der Waals surface area contributed by atoms with Crippen LogP contribution in [0.3, 0.4) is 0 Å². The van der Waals surface area contributed by atoms with Gasteiger partial charge in [-0.1, -0.05) is 0 Å². The summed E-state index contributed by atoms with van der Waals surface area (Å²) in [6.07, 6.45) is 3.37. The lowest BCUT2D eigenvalue weighted by Crippen LogP contribution is -2.15. The van der Waals surface area contributed by atoms with Gasteiger partial charge in [-0.05, 0) is 74.9 Å². The molecule has 0 fully saturated rings. The number of aromatic nitrogens is 3. The van der Waals surface area contributed by atoms with Crippen molar-refractivity contribution >= 4 is 34.1 Å². The number of amidine groups is 1. The van der Waals surface area contributed by atoms with E-state index in [9.17, 15) is 0 Å². The highest BCUT2D eigenvalue weighted by atomic mass is 16.5. The number of hydrogen-bond acceptors (Lipinski definition) is 8. The molecule has 2 aromatic carbocycles. The Labute approximate surface area is 191 Å². The van der Waals surface area contributed by atoms with Crippen molar-refractivity contribution in [2.75, 3.05) is 17.2 Å². The van der Waals surface area contributed by atoms with Crippen molar-refractivity contribution in [2.45, 2.75) is 26.9 Å². The molecule has 0 saturated carbocycles. The molecule has 1 aliphatic rings. The van der Waals surface area contributed by atoms with E-state index in [1.54, 1.807) is 12.5 Å². The van der Waals surface area contributed by atoms with Gasteiger partial charge in [-0.15, -0.1) is 0 Å². The first-order valence-electron chi connectivity index (χ1n) is 10.7. The summed E-state index contributed by atoms with van der Waals surface area (Å²) in [4.78, 5) is 17.5. The smallest absolute Gasteiger partial charge is 0.289 e. The van der Waals surface area contributed by atoms with E-state index < -0.39 is 0 Å². The monoisotopic (exact) mass is 440 g/mol. The van der Waals surface area contributed by atoms with Crippen molar-refractivity contribution in [1.82, 2.24) is 15.0 Å². The molecule has 0 bridgehead atoms. The van der Waals surface area contributed by atoms with Gasteiger partial charge in [-0.25, -0.2) is 15.0 Å². The summed E-state index contributed by atoms with van der Waals surface area (Å²) in [6.45, 7) is 6.60. The minimum atomic E-state index is 0.0889. The van der Waals surface area contributed by atoms with Gasteiger partial charge in [0.2, 0.25) is 0 Å². The van der Waals surface area contributed by atoms with Gasteiger partial charge < -0.3 is 20.1 Å². The molecule has 5 rings (SSSR count). The summed E-state index contributed by atoms with van der Waals surface area (Å²) in [7, 11) is 0. The van der Waals surface area contributed by atoms with Gasteiger partial charge in [-0.3, -0.25) is 4.98 Å². The molecular formula is C25H24N6O2. The van der Waals surface area contributed by atoms with Crippen LogP contribution in [0, 0.1) is 13.8 Å². The molecule has 4 aromatic rings. The predicted octanol–water partition coefficient (Wildman–Crippen LogP) is 5.36. The Morgan fingerprint density at radius 3 is 2.55 bits per heavy atom. The first-order valence-corrected chi connectivity index (χ1v) is 10.7. The molecule has 1 atom stereocenters. The Bertz CT molecular complexity index is 1340. The quantitative estimate of drug-likeness (QED) is 0.431. The minimum Gasteiger partial charge on any atom is -0.460 e. The van der Waals surface area contributed by atoms with E-state index in [1.807, 2.05) is 69.3 Å². The van der Waals surface area contributed by atoms with Crippen molar-refractivity contribution in [3.05, 3.63) is 72.3 Å². The molecule has 0 radical (unpaired) electrons. The number of nitrogens with one attached hydrogen (secondary N) is 2. The van der Waals surface area contributed by atoms with Crippen molar-refractivity contribution < 1.29 is 9.47 Å². The van der Waals surface area contributed by atoms with Crippen LogP contribution in [0.5, 0.6) is 11.5 Å². The van der Waals surface area contributed by atoms with Gasteiger partial charge in [0.1, 0.15) is 29.7 Å². The van der Waals surface area contributed by atoms with Crippen LogP contribution in [0.25, 0.3) is 10.9 Å². The molecule has 0 amide bonds. The second-order valence-electron chi connectivity index (χ2n) is 8.00. The average Bonchev–Trinajstić information content (AvgIpc) is 3.22. The minimum absolute atomic E-state index is 0.0889. The fourth-order valence-corrected chi connectivity index (χ4v) is 3.52. The maximum absolute atomic E-state index is 5.98. The van der Waals surface area contributed by atoms with Gasteiger partial charge in [0.05, 0.1) is 18.3 Å². The summed E-state index contributed by atoms with van der Waals surface area (Å²) in [5, 5.41) is 7.51. The summed E-state index contributed by atoms with van der Waals surface area (Å²) < 4.78 is 11.6. The third-order valence-electron chi connectivity index (χ3n) is 5.24. The number of aliphatic imine (C=N–C) groups is 1. The number of anilines is 3. The van der Waals surface area contributed by atoms with E-state index in [-0.39, 0.29) is 6.10 Å². The van der Waals surface area contributed by atoms with Crippen LogP contribution < -0.4 is 15.4 Å². The number of rotatable bonds is 5. The SMILES string of the molecule is Cc1ccc(Oc2ccc(Nc3ncnc4ccc(NC5=NCC(C)O5)cc34)cc2C)cn1. The van der Waals surface area contributed by atoms with Crippen LogP contribution in [0.2, 0.25) is 0 Å². The van der Waals surface area contributed by atoms with E-state index >= 15 is 0 Å². The summed E-state index contributed by atoms with van der Waals surface area (Å²) >= 11 is 0. The summed E-state index contributed by atoms with van der Waals surface area (Å²) in [5.74, 6) is 2.19. The van der Waals surface area contributed by atoms with E-state index in [0.29, 0.717) is 24.1 Å². The zero-order valence-electron chi connectivity index (χ0n) is 18.7. The maximum atomic E-state index is 5.98. The number of fused-ring (bicyclic) bond motifs is 1. The lowest BCUT2D eigenvalue weighted by Gasteiger charge is -2.13. The normalized spacial score (nSPS) is 15.1. The molecule has 166 valence electrons. The van der Waals surface area contributed by atoms with E-state index in [1.165, 1.54) is 0 Å². The second kappa shape index (κ2) is 8.74. The van der Waals surface area contributed by atoms with E-state index in [2.05, 4.69) is 30.6 Å². The highest BCUT2D eigenvalue weighted by molar-refractivity contribution is 5.97. The zero-order valence-corrected chi connectivity index (χ0v) is 18.7. The van der Waals surface area contributed by atoms with Crippen molar-refractivity contribution in [3.8, 4) is 11.5 Å². The standard InChI is InChI=1S/C25H24N6O2/c1-15-10-18(6-9-23(15)33-20-7-4-16(2)26-13-20)30-24-21-11-19(5-8-22(21)28-14-29-24)31-25-27-12-17(3)32-25/h4-11,13-14,17H,12H2,1-3H3,(H,27,31)(H,28,29,30). The molecule has 1 aliphatic heterocycles. The van der Waals surface area contributed by atoms with Crippen LogP contribution in [0.4, 0.5) is 17.2 Å². The van der Waals surface area contributed by atoms with Crippen molar-refractivity contribution in [2.24, 2.45) is 4.99 Å². The number of pyridine rings is 1. The van der Waals surface area contributed by atoms with Crippen molar-refractivity contribution in [1.29, 1.82) is 0 Å². The molecule has 8 heteroatoms. The molecule has 8 nitrogen and oxygen atoms in total. The molecule has 2 N–H and O–H groups in total. The van der Waals surface area contributed by atoms with Gasteiger partial charge in [0.25, 0.3) is 6.02 Å². The summed E-state index contributed by atoms with van der Waals surface area (Å²) in [5.41, 5.74) is 4.54. The van der Waals surface area contributed by atoms with E-state index in [4.69, 9.17) is 9.47 Å². The third kappa shape index (κ3) is 4.69. The largest absolute Gasteiger partial charge is 0.460 e. The number of nitrogens with zero attached hydrogens (tertiary/aromatic N) is 4. The highest BCUT2D eigenvalue weighted by Crippen LogP contribution is 2.30. The van der Waals surface area contributed by atoms with Crippen LogP contribution in [-0.2, 0) is 4.74 Å². The van der Waals surface area contributed by atoms with Crippen LogP contribution >= 0.6 is 0 Å². The fraction of sp³-hybridized carbons (Fsp3) is 0.200. The maximum Gasteiger partial charge on any atom is 0.289 e. The number of benzene rings is 2. The molecule has 0 aliphatic carbocycles. The average molecular weight is 441 g/mol. The lowest BCUT2D eigenvalue weighted by atomic mass is 10.1.